The second-order valence-corrected chi connectivity index (χ2v) is 10.4. The van der Waals surface area contributed by atoms with E-state index in [4.69, 9.17) is 5.73 Å². The number of hydrogen-bond donors (Lipinski definition) is 4. The van der Waals surface area contributed by atoms with Crippen molar-refractivity contribution in [2.24, 2.45) is 5.73 Å². The van der Waals surface area contributed by atoms with Crippen molar-refractivity contribution in [3.63, 3.8) is 0 Å². The first kappa shape index (κ1) is 28.2. The van der Waals surface area contributed by atoms with E-state index >= 15 is 0 Å². The molecule has 206 valence electrons. The molecule has 0 unspecified atom stereocenters. The van der Waals surface area contributed by atoms with E-state index in [0.717, 1.165) is 23.8 Å². The van der Waals surface area contributed by atoms with Gasteiger partial charge in [0.15, 0.2) is 0 Å². The number of pyridine rings is 1. The third-order valence-electron chi connectivity index (χ3n) is 7.48. The molecular formula is C30H37N5O4. The fourth-order valence-corrected chi connectivity index (χ4v) is 5.22. The highest BCUT2D eigenvalue weighted by Crippen LogP contribution is 2.24. The number of aromatic nitrogens is 1. The van der Waals surface area contributed by atoms with E-state index in [2.05, 4.69) is 34.4 Å². The smallest absolute Gasteiger partial charge is 0.270 e. The summed E-state index contributed by atoms with van der Waals surface area (Å²) in [4.78, 5) is 45.0. The van der Waals surface area contributed by atoms with E-state index in [9.17, 15) is 19.5 Å². The van der Waals surface area contributed by atoms with Gasteiger partial charge in [-0.05, 0) is 50.8 Å². The molecule has 5 atom stereocenters. The van der Waals surface area contributed by atoms with Crippen LogP contribution in [0.4, 0.5) is 0 Å². The third kappa shape index (κ3) is 7.40. The Morgan fingerprint density at radius 1 is 0.974 bits per heavy atom. The summed E-state index contributed by atoms with van der Waals surface area (Å²) in [6.07, 6.45) is 1.23. The first-order valence-corrected chi connectivity index (χ1v) is 13.4. The molecule has 3 amide bonds. The van der Waals surface area contributed by atoms with Crippen LogP contribution in [-0.4, -0.2) is 69.5 Å². The standard InChI is InChI=1S/C30H37N5O4/c1-19-12-13-20(2)35(19)18-27(36)25(16-21-8-4-3-5-9-21)33-30(39)26(17-28(31)37)34-29(38)24-15-14-22-10-6-7-11-23(22)32-24/h3-11,14-15,19-20,25-27,36H,12-13,16-18H2,1-2H3,(H2,31,37)(H,33,39)(H,34,38)/t19-,20+,25-,26-,27+/m0/s1. The zero-order valence-electron chi connectivity index (χ0n) is 22.4. The number of carbonyl (C=O) groups is 3. The van der Waals surface area contributed by atoms with Gasteiger partial charge in [-0.2, -0.15) is 0 Å². The van der Waals surface area contributed by atoms with E-state index in [1.54, 1.807) is 18.2 Å². The molecule has 5 N–H and O–H groups in total. The number of para-hydroxylation sites is 1. The van der Waals surface area contributed by atoms with Gasteiger partial charge in [-0.15, -0.1) is 0 Å². The van der Waals surface area contributed by atoms with Crippen LogP contribution >= 0.6 is 0 Å². The van der Waals surface area contributed by atoms with Crippen molar-refractivity contribution in [1.82, 2.24) is 20.5 Å². The second-order valence-electron chi connectivity index (χ2n) is 10.4. The van der Waals surface area contributed by atoms with Crippen LogP contribution in [0.15, 0.2) is 66.7 Å². The lowest BCUT2D eigenvalue weighted by atomic mass is 9.99. The van der Waals surface area contributed by atoms with Gasteiger partial charge in [0, 0.05) is 24.0 Å². The molecule has 0 radical (unpaired) electrons. The minimum Gasteiger partial charge on any atom is -0.390 e. The maximum absolute atomic E-state index is 13.5. The predicted molar refractivity (Wildman–Crippen MR) is 150 cm³/mol. The summed E-state index contributed by atoms with van der Waals surface area (Å²) in [5.74, 6) is -1.92. The van der Waals surface area contributed by atoms with Gasteiger partial charge in [0.05, 0.1) is 24.1 Å². The number of amides is 3. The Balaban J connectivity index is 1.51. The highest BCUT2D eigenvalue weighted by atomic mass is 16.3. The van der Waals surface area contributed by atoms with Crippen LogP contribution in [0.2, 0.25) is 0 Å². The number of aliphatic hydroxyl groups excluding tert-OH is 1. The molecule has 4 rings (SSSR count). The maximum atomic E-state index is 13.5. The summed E-state index contributed by atoms with van der Waals surface area (Å²) >= 11 is 0. The Morgan fingerprint density at radius 2 is 1.64 bits per heavy atom. The predicted octanol–water partition coefficient (Wildman–Crippen LogP) is 2.17. The molecule has 2 aromatic carbocycles. The van der Waals surface area contributed by atoms with Crippen molar-refractivity contribution in [1.29, 1.82) is 0 Å². The highest BCUT2D eigenvalue weighted by Gasteiger charge is 2.33. The molecule has 1 fully saturated rings. The number of likely N-dealkylation sites (tertiary alicyclic amines) is 1. The minimum absolute atomic E-state index is 0.119. The van der Waals surface area contributed by atoms with Crippen LogP contribution in [0.25, 0.3) is 10.9 Å². The number of fused-ring (bicyclic) bond motifs is 1. The largest absolute Gasteiger partial charge is 0.390 e. The monoisotopic (exact) mass is 531 g/mol. The lowest BCUT2D eigenvalue weighted by Gasteiger charge is -2.33. The average molecular weight is 532 g/mol. The van der Waals surface area contributed by atoms with Gasteiger partial charge in [0.2, 0.25) is 11.8 Å². The molecule has 1 saturated heterocycles. The molecular weight excluding hydrogens is 494 g/mol. The van der Waals surface area contributed by atoms with Crippen molar-refractivity contribution in [2.75, 3.05) is 6.54 Å². The number of rotatable bonds is 11. The van der Waals surface area contributed by atoms with Crippen LogP contribution in [0, 0.1) is 0 Å². The SMILES string of the molecule is C[C@@H]1CC[C@H](C)N1C[C@@H](O)[C@H](Cc1ccccc1)NC(=O)[C@H](CC(N)=O)NC(=O)c1ccc2ccccc2n1. The number of nitrogens with zero attached hydrogens (tertiary/aromatic N) is 2. The summed E-state index contributed by atoms with van der Waals surface area (Å²) in [5, 5.41) is 17.7. The molecule has 9 nitrogen and oxygen atoms in total. The van der Waals surface area contributed by atoms with Crippen LogP contribution in [0.3, 0.4) is 0 Å². The van der Waals surface area contributed by atoms with Crippen LogP contribution < -0.4 is 16.4 Å². The molecule has 1 aliphatic heterocycles. The number of aliphatic hydroxyl groups is 1. The zero-order valence-corrected chi connectivity index (χ0v) is 22.4. The number of nitrogens with one attached hydrogen (secondary N) is 2. The molecule has 3 aromatic rings. The molecule has 0 aliphatic carbocycles. The van der Waals surface area contributed by atoms with Crippen molar-refractivity contribution in [3.8, 4) is 0 Å². The zero-order chi connectivity index (χ0) is 27.9. The number of nitrogens with two attached hydrogens (primary N) is 1. The van der Waals surface area contributed by atoms with E-state index in [-0.39, 0.29) is 12.1 Å². The number of β-amino-alcohol motifs (C(OH)–C–C–N with tert-alkyl or cyclic N) is 1. The van der Waals surface area contributed by atoms with Crippen molar-refractivity contribution >= 4 is 28.6 Å². The molecule has 0 saturated carbocycles. The number of benzene rings is 2. The van der Waals surface area contributed by atoms with Gasteiger partial charge in [0.25, 0.3) is 5.91 Å². The van der Waals surface area contributed by atoms with E-state index in [1.165, 1.54) is 0 Å². The fourth-order valence-electron chi connectivity index (χ4n) is 5.22. The fraction of sp³-hybridized carbons (Fsp3) is 0.400. The molecule has 1 aliphatic rings. The van der Waals surface area contributed by atoms with Gasteiger partial charge < -0.3 is 21.5 Å². The third-order valence-corrected chi connectivity index (χ3v) is 7.48. The lowest BCUT2D eigenvalue weighted by Crippen LogP contribution is -2.56. The van der Waals surface area contributed by atoms with Crippen molar-refractivity contribution in [2.45, 2.75) is 69.8 Å². The first-order valence-electron chi connectivity index (χ1n) is 13.4. The Labute approximate surface area is 228 Å². The topological polar surface area (TPSA) is 138 Å². The molecule has 0 spiro atoms. The molecule has 1 aromatic heterocycles. The van der Waals surface area contributed by atoms with Gasteiger partial charge in [-0.3, -0.25) is 19.3 Å². The Kier molecular flexibility index (Phi) is 9.27. The number of hydrogen-bond acceptors (Lipinski definition) is 6. The Morgan fingerprint density at radius 3 is 2.33 bits per heavy atom. The number of primary amides is 1. The lowest BCUT2D eigenvalue weighted by molar-refractivity contribution is -0.128. The quantitative estimate of drug-likeness (QED) is 0.299. The first-order chi connectivity index (χ1) is 18.7. The van der Waals surface area contributed by atoms with E-state index in [1.807, 2.05) is 48.5 Å². The van der Waals surface area contributed by atoms with Crippen molar-refractivity contribution in [3.05, 3.63) is 78.0 Å². The van der Waals surface area contributed by atoms with E-state index < -0.39 is 35.9 Å². The summed E-state index contributed by atoms with van der Waals surface area (Å²) < 4.78 is 0. The van der Waals surface area contributed by atoms with Crippen LogP contribution in [-0.2, 0) is 16.0 Å². The molecule has 9 heteroatoms. The average Bonchev–Trinajstić information content (AvgIpc) is 3.24. The van der Waals surface area contributed by atoms with Crippen molar-refractivity contribution < 1.29 is 19.5 Å². The summed E-state index contributed by atoms with van der Waals surface area (Å²) in [7, 11) is 0. The van der Waals surface area contributed by atoms with Crippen LogP contribution in [0.5, 0.6) is 0 Å². The van der Waals surface area contributed by atoms with Gasteiger partial charge in [-0.25, -0.2) is 4.98 Å². The molecule has 39 heavy (non-hydrogen) atoms. The number of carbonyl (C=O) groups excluding carboxylic acids is 3. The molecule has 0 bridgehead atoms. The minimum atomic E-state index is -1.22. The molecule has 2 heterocycles. The summed E-state index contributed by atoms with van der Waals surface area (Å²) in [6, 6.07) is 19.1. The normalized spacial score (nSPS) is 19.8. The highest BCUT2D eigenvalue weighted by molar-refractivity contribution is 5.99. The Bertz CT molecular complexity index is 1290. The summed E-state index contributed by atoms with van der Waals surface area (Å²) in [6.45, 7) is 4.68. The Hall–Kier alpha value is -3.82. The second kappa shape index (κ2) is 12.8. The van der Waals surface area contributed by atoms with Gasteiger partial charge >= 0.3 is 0 Å². The maximum Gasteiger partial charge on any atom is 0.270 e. The summed E-state index contributed by atoms with van der Waals surface area (Å²) in [5.41, 5.74) is 7.13. The van der Waals surface area contributed by atoms with Gasteiger partial charge in [-0.1, -0.05) is 54.6 Å². The van der Waals surface area contributed by atoms with Crippen LogP contribution in [0.1, 0.15) is 49.2 Å². The van der Waals surface area contributed by atoms with Gasteiger partial charge in [0.1, 0.15) is 11.7 Å². The van der Waals surface area contributed by atoms with E-state index in [0.29, 0.717) is 30.6 Å².